The van der Waals surface area contributed by atoms with Gasteiger partial charge in [-0.25, -0.2) is 4.98 Å². The fourth-order valence-electron chi connectivity index (χ4n) is 2.34. The van der Waals surface area contributed by atoms with Gasteiger partial charge in [0, 0.05) is 46.9 Å². The van der Waals surface area contributed by atoms with Crippen molar-refractivity contribution < 1.29 is 0 Å². The molecule has 0 fully saturated rings. The van der Waals surface area contributed by atoms with Gasteiger partial charge in [-0.1, -0.05) is 24.3 Å². The highest BCUT2D eigenvalue weighted by molar-refractivity contribution is 9.10. The molecule has 110 valence electrons. The van der Waals surface area contributed by atoms with Crippen LogP contribution in [0.5, 0.6) is 0 Å². The summed E-state index contributed by atoms with van der Waals surface area (Å²) in [5.74, 6) is 0.897. The molecule has 3 aromatic rings. The smallest absolute Gasteiger partial charge is 0.141 e. The van der Waals surface area contributed by atoms with E-state index in [9.17, 15) is 0 Å². The lowest BCUT2D eigenvalue weighted by molar-refractivity contribution is 0.804. The number of benzene rings is 1. The molecule has 6 heteroatoms. The van der Waals surface area contributed by atoms with Gasteiger partial charge in [-0.3, -0.25) is 10.4 Å². The Morgan fingerprint density at radius 3 is 2.86 bits per heavy atom. The Hall–Kier alpha value is -2.47. The second-order valence-electron chi connectivity index (χ2n) is 4.84. The summed E-state index contributed by atoms with van der Waals surface area (Å²) in [6, 6.07) is 9.63. The fraction of sp³-hybridized carbons (Fsp3) is 0.0625. The van der Waals surface area contributed by atoms with Crippen LogP contribution < -0.4 is 5.73 Å². The number of imidazole rings is 1. The van der Waals surface area contributed by atoms with E-state index in [2.05, 4.69) is 25.9 Å². The van der Waals surface area contributed by atoms with Crippen molar-refractivity contribution in [2.75, 3.05) is 0 Å². The minimum absolute atomic E-state index is 0.0707. The standard InChI is InChI=1S/C16H14BrN5/c17-13-7-12(8-20-9-13)16-21-5-6-22(16)10-11-3-1-2-4-14(11)15(18)19/h1-9H,10H2,(H3,18,19). The molecule has 0 unspecified atom stereocenters. The number of hydrogen-bond donors (Lipinski definition) is 2. The number of halogens is 1. The first-order valence-electron chi connectivity index (χ1n) is 6.69. The summed E-state index contributed by atoms with van der Waals surface area (Å²) in [6.07, 6.45) is 7.18. The molecule has 0 atom stereocenters. The van der Waals surface area contributed by atoms with Gasteiger partial charge >= 0.3 is 0 Å². The summed E-state index contributed by atoms with van der Waals surface area (Å²) in [5, 5.41) is 7.69. The van der Waals surface area contributed by atoms with Gasteiger partial charge in [-0.15, -0.1) is 0 Å². The SMILES string of the molecule is N=C(N)c1ccccc1Cn1ccnc1-c1cncc(Br)c1. The summed E-state index contributed by atoms with van der Waals surface area (Å²) in [4.78, 5) is 8.60. The second-order valence-corrected chi connectivity index (χ2v) is 5.76. The van der Waals surface area contributed by atoms with Gasteiger partial charge in [0.25, 0.3) is 0 Å². The molecule has 2 heterocycles. The normalized spacial score (nSPS) is 10.6. The van der Waals surface area contributed by atoms with Gasteiger partial charge in [0.2, 0.25) is 0 Å². The molecule has 3 rings (SSSR count). The van der Waals surface area contributed by atoms with Gasteiger partial charge in [0.1, 0.15) is 11.7 Å². The summed E-state index contributed by atoms with van der Waals surface area (Å²) in [5.41, 5.74) is 8.31. The minimum atomic E-state index is 0.0707. The number of amidine groups is 1. The average molecular weight is 356 g/mol. The molecule has 0 bridgehead atoms. The van der Waals surface area contributed by atoms with E-state index in [1.807, 2.05) is 41.1 Å². The number of hydrogen-bond acceptors (Lipinski definition) is 3. The van der Waals surface area contributed by atoms with E-state index in [0.717, 1.165) is 27.0 Å². The van der Waals surface area contributed by atoms with Crippen LogP contribution in [0.4, 0.5) is 0 Å². The lowest BCUT2D eigenvalue weighted by Crippen LogP contribution is -2.15. The minimum Gasteiger partial charge on any atom is -0.384 e. The molecule has 1 aromatic carbocycles. The van der Waals surface area contributed by atoms with Crippen molar-refractivity contribution in [2.45, 2.75) is 6.54 Å². The number of rotatable bonds is 4. The maximum absolute atomic E-state index is 7.69. The van der Waals surface area contributed by atoms with Crippen LogP contribution in [-0.2, 0) is 6.54 Å². The number of pyridine rings is 1. The van der Waals surface area contributed by atoms with Crippen molar-refractivity contribution in [2.24, 2.45) is 5.73 Å². The largest absolute Gasteiger partial charge is 0.384 e. The number of nitrogens with one attached hydrogen (secondary N) is 1. The summed E-state index contributed by atoms with van der Waals surface area (Å²) in [7, 11) is 0. The van der Waals surface area contributed by atoms with Crippen molar-refractivity contribution >= 4 is 21.8 Å². The van der Waals surface area contributed by atoms with Crippen LogP contribution in [0.3, 0.4) is 0 Å². The van der Waals surface area contributed by atoms with Crippen molar-refractivity contribution in [3.8, 4) is 11.4 Å². The Bertz CT molecular complexity index is 825. The van der Waals surface area contributed by atoms with E-state index in [-0.39, 0.29) is 5.84 Å². The third-order valence-electron chi connectivity index (χ3n) is 3.33. The molecule has 22 heavy (non-hydrogen) atoms. The van der Waals surface area contributed by atoms with Gasteiger partial charge in [-0.2, -0.15) is 0 Å². The fourth-order valence-corrected chi connectivity index (χ4v) is 2.70. The molecule has 0 aliphatic heterocycles. The molecule has 2 aromatic heterocycles. The van der Waals surface area contributed by atoms with Gasteiger partial charge in [-0.05, 0) is 27.6 Å². The molecular weight excluding hydrogens is 342 g/mol. The maximum atomic E-state index is 7.69. The predicted octanol–water partition coefficient (Wildman–Crippen LogP) is 3.04. The van der Waals surface area contributed by atoms with E-state index >= 15 is 0 Å². The lowest BCUT2D eigenvalue weighted by atomic mass is 10.1. The Balaban J connectivity index is 1.99. The van der Waals surface area contributed by atoms with Gasteiger partial charge in [0.15, 0.2) is 0 Å². The molecule has 5 nitrogen and oxygen atoms in total. The maximum Gasteiger partial charge on any atom is 0.141 e. The first-order chi connectivity index (χ1) is 10.6. The monoisotopic (exact) mass is 355 g/mol. The highest BCUT2D eigenvalue weighted by Gasteiger charge is 2.10. The van der Waals surface area contributed by atoms with E-state index in [1.54, 1.807) is 18.6 Å². The third-order valence-corrected chi connectivity index (χ3v) is 3.76. The van der Waals surface area contributed by atoms with E-state index in [1.165, 1.54) is 0 Å². The van der Waals surface area contributed by atoms with Crippen molar-refractivity contribution in [3.05, 3.63) is 70.7 Å². The van der Waals surface area contributed by atoms with Gasteiger partial charge < -0.3 is 10.3 Å². The topological polar surface area (TPSA) is 80.6 Å². The molecule has 3 N–H and O–H groups in total. The molecule has 0 spiro atoms. The summed E-state index contributed by atoms with van der Waals surface area (Å²) >= 11 is 3.43. The van der Waals surface area contributed by atoms with Crippen molar-refractivity contribution in [1.82, 2.24) is 14.5 Å². The van der Waals surface area contributed by atoms with Crippen LogP contribution in [0.1, 0.15) is 11.1 Å². The molecule has 0 aliphatic carbocycles. The Morgan fingerprint density at radius 1 is 1.27 bits per heavy atom. The van der Waals surface area contributed by atoms with Crippen LogP contribution in [0.25, 0.3) is 11.4 Å². The number of nitrogens with zero attached hydrogens (tertiary/aromatic N) is 3. The number of nitrogen functional groups attached to an aromatic ring is 1. The quantitative estimate of drug-likeness (QED) is 0.557. The Labute approximate surface area is 136 Å². The zero-order chi connectivity index (χ0) is 15.5. The molecule has 0 saturated heterocycles. The van der Waals surface area contributed by atoms with Crippen LogP contribution in [0.15, 0.2) is 59.6 Å². The second kappa shape index (κ2) is 6.11. The van der Waals surface area contributed by atoms with E-state index in [0.29, 0.717) is 6.54 Å². The lowest BCUT2D eigenvalue weighted by Gasteiger charge is -2.11. The van der Waals surface area contributed by atoms with Crippen molar-refractivity contribution in [1.29, 1.82) is 5.41 Å². The first kappa shape index (κ1) is 14.5. The zero-order valence-corrected chi connectivity index (χ0v) is 13.3. The van der Waals surface area contributed by atoms with Crippen LogP contribution in [-0.4, -0.2) is 20.4 Å². The Morgan fingerprint density at radius 2 is 2.09 bits per heavy atom. The molecule has 0 amide bonds. The van der Waals surface area contributed by atoms with Crippen LogP contribution in [0, 0.1) is 5.41 Å². The van der Waals surface area contributed by atoms with E-state index in [4.69, 9.17) is 11.1 Å². The molecule has 0 radical (unpaired) electrons. The molecular formula is C16H14BrN5. The Kier molecular flexibility index (Phi) is 4.02. The highest BCUT2D eigenvalue weighted by atomic mass is 79.9. The third kappa shape index (κ3) is 2.92. The first-order valence-corrected chi connectivity index (χ1v) is 7.49. The van der Waals surface area contributed by atoms with Gasteiger partial charge in [0.05, 0.1) is 0 Å². The molecule has 0 saturated carbocycles. The zero-order valence-electron chi connectivity index (χ0n) is 11.7. The summed E-state index contributed by atoms with van der Waals surface area (Å²) < 4.78 is 2.93. The predicted molar refractivity (Wildman–Crippen MR) is 89.7 cm³/mol. The number of aromatic nitrogens is 3. The van der Waals surface area contributed by atoms with Crippen LogP contribution >= 0.6 is 15.9 Å². The average Bonchev–Trinajstić information content (AvgIpc) is 2.96. The van der Waals surface area contributed by atoms with Crippen LogP contribution in [0.2, 0.25) is 0 Å². The number of nitrogens with two attached hydrogens (primary N) is 1. The molecule has 0 aliphatic rings. The van der Waals surface area contributed by atoms with E-state index < -0.39 is 0 Å². The van der Waals surface area contributed by atoms with Crippen molar-refractivity contribution in [3.63, 3.8) is 0 Å². The highest BCUT2D eigenvalue weighted by Crippen LogP contribution is 2.21. The summed E-state index contributed by atoms with van der Waals surface area (Å²) in [6.45, 7) is 0.595.